The third-order valence-corrected chi connectivity index (χ3v) is 3.51. The molecule has 2 rings (SSSR count). The highest BCUT2D eigenvalue weighted by Gasteiger charge is 2.12. The lowest BCUT2D eigenvalue weighted by atomic mass is 10.0. The minimum absolute atomic E-state index is 0.428. The molecule has 0 saturated carbocycles. The van der Waals surface area contributed by atoms with Gasteiger partial charge in [0.2, 0.25) is 0 Å². The Labute approximate surface area is 108 Å². The van der Waals surface area contributed by atoms with Crippen molar-refractivity contribution in [3.63, 3.8) is 0 Å². The molecule has 0 aromatic heterocycles. The van der Waals surface area contributed by atoms with E-state index in [2.05, 4.69) is 29.2 Å². The van der Waals surface area contributed by atoms with Gasteiger partial charge in [-0.2, -0.15) is 0 Å². The largest absolute Gasteiger partial charge is 0.478 e. The molecule has 1 aromatic rings. The summed E-state index contributed by atoms with van der Waals surface area (Å²) in [5, 5.41) is 8.82. The lowest BCUT2D eigenvalue weighted by molar-refractivity contribution is -0.132. The Morgan fingerprint density at radius 2 is 1.83 bits per heavy atom. The first kappa shape index (κ1) is 12.8. The molecular weight excluding hydrogens is 226 g/mol. The fraction of sp³-hybridized carbons (Fsp3) is 0.400. The van der Waals surface area contributed by atoms with Crippen molar-refractivity contribution in [2.45, 2.75) is 19.8 Å². The van der Waals surface area contributed by atoms with Crippen LogP contribution >= 0.6 is 0 Å². The predicted octanol–water partition coefficient (Wildman–Crippen LogP) is 2.12. The molecule has 18 heavy (non-hydrogen) atoms. The van der Waals surface area contributed by atoms with Crippen LogP contribution in [0.2, 0.25) is 0 Å². The van der Waals surface area contributed by atoms with Crippen molar-refractivity contribution in [2.75, 3.05) is 19.6 Å². The van der Waals surface area contributed by atoms with Crippen LogP contribution in [-0.2, 0) is 17.6 Å². The summed E-state index contributed by atoms with van der Waals surface area (Å²) in [5.41, 5.74) is 3.29. The van der Waals surface area contributed by atoms with E-state index in [4.69, 9.17) is 5.11 Å². The predicted molar refractivity (Wildman–Crippen MR) is 71.7 cm³/mol. The highest BCUT2D eigenvalue weighted by atomic mass is 16.4. The van der Waals surface area contributed by atoms with Gasteiger partial charge in [-0.1, -0.05) is 30.3 Å². The van der Waals surface area contributed by atoms with Gasteiger partial charge in [0.25, 0.3) is 0 Å². The summed E-state index contributed by atoms with van der Waals surface area (Å²) in [6.45, 7) is 4.38. The van der Waals surface area contributed by atoms with Gasteiger partial charge >= 0.3 is 5.97 Å². The number of aliphatic carboxylic acids is 1. The Kier molecular flexibility index (Phi) is 4.15. The molecule has 0 atom stereocenters. The maximum Gasteiger partial charge on any atom is 0.330 e. The van der Waals surface area contributed by atoms with Crippen LogP contribution < -0.4 is 0 Å². The van der Waals surface area contributed by atoms with E-state index >= 15 is 0 Å². The third-order valence-electron chi connectivity index (χ3n) is 3.51. The van der Waals surface area contributed by atoms with Crippen LogP contribution in [0.3, 0.4) is 0 Å². The van der Waals surface area contributed by atoms with Gasteiger partial charge in [0.1, 0.15) is 0 Å². The molecule has 0 aliphatic carbocycles. The highest BCUT2D eigenvalue weighted by Crippen LogP contribution is 2.15. The molecule has 1 aliphatic rings. The Morgan fingerprint density at radius 1 is 1.28 bits per heavy atom. The van der Waals surface area contributed by atoms with Gasteiger partial charge in [0.15, 0.2) is 0 Å². The zero-order valence-electron chi connectivity index (χ0n) is 10.7. The van der Waals surface area contributed by atoms with E-state index < -0.39 is 5.97 Å². The molecule has 1 heterocycles. The average Bonchev–Trinajstić information content (AvgIpc) is 2.58. The van der Waals surface area contributed by atoms with E-state index in [1.165, 1.54) is 11.1 Å². The summed E-state index contributed by atoms with van der Waals surface area (Å²) in [6, 6.07) is 8.56. The maximum atomic E-state index is 10.7. The Morgan fingerprint density at radius 3 is 2.33 bits per heavy atom. The fourth-order valence-electron chi connectivity index (χ4n) is 2.25. The number of benzene rings is 1. The number of fused-ring (bicyclic) bond motifs is 1. The summed E-state index contributed by atoms with van der Waals surface area (Å²) >= 11 is 0. The van der Waals surface area contributed by atoms with Gasteiger partial charge in [-0.3, -0.25) is 4.90 Å². The molecule has 96 valence electrons. The number of carboxylic acids is 1. The quantitative estimate of drug-likeness (QED) is 0.829. The molecule has 1 aliphatic heterocycles. The van der Waals surface area contributed by atoms with Crippen LogP contribution in [0.4, 0.5) is 0 Å². The zero-order valence-corrected chi connectivity index (χ0v) is 10.7. The molecule has 0 bridgehead atoms. The van der Waals surface area contributed by atoms with Crippen molar-refractivity contribution in [1.29, 1.82) is 0 Å². The van der Waals surface area contributed by atoms with Crippen LogP contribution in [0.25, 0.3) is 0 Å². The standard InChI is InChI=1S/C15H19NO2/c1-12(15(17)18)6-9-16-10-7-13-4-2-3-5-14(13)8-11-16/h2-6H,7-11H2,1H3,(H,17,18). The van der Waals surface area contributed by atoms with Crippen LogP contribution in [0.15, 0.2) is 35.9 Å². The van der Waals surface area contributed by atoms with Crippen LogP contribution in [0.1, 0.15) is 18.1 Å². The summed E-state index contributed by atoms with van der Waals surface area (Å²) in [4.78, 5) is 13.0. The average molecular weight is 245 g/mol. The van der Waals surface area contributed by atoms with Gasteiger partial charge in [0, 0.05) is 25.2 Å². The molecule has 0 saturated heterocycles. The lowest BCUT2D eigenvalue weighted by Crippen LogP contribution is -2.27. The van der Waals surface area contributed by atoms with E-state index in [1.807, 2.05) is 0 Å². The Hall–Kier alpha value is -1.61. The van der Waals surface area contributed by atoms with Crippen LogP contribution in [0.5, 0.6) is 0 Å². The SMILES string of the molecule is CC(=CCN1CCc2ccccc2CC1)C(=O)O. The second kappa shape index (κ2) is 5.83. The van der Waals surface area contributed by atoms with Gasteiger partial charge in [-0.05, 0) is 30.9 Å². The molecule has 0 radical (unpaired) electrons. The summed E-state index contributed by atoms with van der Waals surface area (Å²) in [5.74, 6) is -0.826. The van der Waals surface area contributed by atoms with Gasteiger partial charge in [0.05, 0.1) is 0 Å². The fourth-order valence-corrected chi connectivity index (χ4v) is 2.25. The van der Waals surface area contributed by atoms with E-state index in [-0.39, 0.29) is 0 Å². The number of hydrogen-bond acceptors (Lipinski definition) is 2. The number of nitrogens with zero attached hydrogens (tertiary/aromatic N) is 1. The summed E-state index contributed by atoms with van der Waals surface area (Å²) in [7, 11) is 0. The minimum atomic E-state index is -0.826. The third kappa shape index (κ3) is 3.20. The molecule has 1 N–H and O–H groups in total. The van der Waals surface area contributed by atoms with Crippen molar-refractivity contribution in [1.82, 2.24) is 4.90 Å². The summed E-state index contributed by atoms with van der Waals surface area (Å²) in [6.07, 6.45) is 3.91. The molecule has 0 spiro atoms. The topological polar surface area (TPSA) is 40.5 Å². The van der Waals surface area contributed by atoms with Gasteiger partial charge in [-0.15, -0.1) is 0 Å². The number of carboxylic acid groups (broad SMARTS) is 1. The van der Waals surface area contributed by atoms with E-state index in [1.54, 1.807) is 13.0 Å². The lowest BCUT2D eigenvalue weighted by Gasteiger charge is -2.17. The second-order valence-corrected chi connectivity index (χ2v) is 4.76. The molecule has 3 nitrogen and oxygen atoms in total. The van der Waals surface area contributed by atoms with Crippen molar-refractivity contribution in [2.24, 2.45) is 0 Å². The van der Waals surface area contributed by atoms with E-state index in [0.717, 1.165) is 32.5 Å². The molecule has 0 unspecified atom stereocenters. The van der Waals surface area contributed by atoms with Crippen molar-refractivity contribution < 1.29 is 9.90 Å². The first-order chi connectivity index (χ1) is 8.66. The van der Waals surface area contributed by atoms with E-state index in [0.29, 0.717) is 5.57 Å². The molecule has 3 heteroatoms. The monoisotopic (exact) mass is 245 g/mol. The normalized spacial score (nSPS) is 17.1. The summed E-state index contributed by atoms with van der Waals surface area (Å²) < 4.78 is 0. The molecular formula is C15H19NO2. The maximum absolute atomic E-state index is 10.7. The number of hydrogen-bond donors (Lipinski definition) is 1. The van der Waals surface area contributed by atoms with Gasteiger partial charge in [-0.25, -0.2) is 4.79 Å². The Balaban J connectivity index is 1.96. The first-order valence-corrected chi connectivity index (χ1v) is 6.36. The highest BCUT2D eigenvalue weighted by molar-refractivity contribution is 5.85. The van der Waals surface area contributed by atoms with Gasteiger partial charge < -0.3 is 5.11 Å². The molecule has 1 aromatic carbocycles. The van der Waals surface area contributed by atoms with Crippen molar-refractivity contribution in [3.05, 3.63) is 47.0 Å². The molecule has 0 fully saturated rings. The smallest absolute Gasteiger partial charge is 0.330 e. The van der Waals surface area contributed by atoms with Crippen molar-refractivity contribution >= 4 is 5.97 Å². The Bertz CT molecular complexity index is 438. The number of carbonyl (C=O) groups is 1. The second-order valence-electron chi connectivity index (χ2n) is 4.76. The minimum Gasteiger partial charge on any atom is -0.478 e. The zero-order chi connectivity index (χ0) is 13.0. The first-order valence-electron chi connectivity index (χ1n) is 6.36. The van der Waals surface area contributed by atoms with Crippen LogP contribution in [-0.4, -0.2) is 35.6 Å². The number of rotatable bonds is 3. The molecule has 0 amide bonds. The van der Waals surface area contributed by atoms with Crippen molar-refractivity contribution in [3.8, 4) is 0 Å². The van der Waals surface area contributed by atoms with E-state index in [9.17, 15) is 4.79 Å². The van der Waals surface area contributed by atoms with Crippen LogP contribution in [0, 0.1) is 0 Å².